The average molecular weight is 453 g/mol. The number of benzene rings is 3. The molecule has 0 spiro atoms. The molecule has 0 radical (unpaired) electrons. The first-order valence-corrected chi connectivity index (χ1v) is 15.5. The highest BCUT2D eigenvalue weighted by molar-refractivity contribution is 6.90. The van der Waals surface area contributed by atoms with E-state index < -0.39 is 8.07 Å². The number of aromatic nitrogens is 1. The molecule has 3 heteroatoms. The molecule has 0 unspecified atom stereocenters. The predicted molar refractivity (Wildman–Crippen MR) is 144 cm³/mol. The molecule has 0 aliphatic heterocycles. The molecule has 2 heterocycles. The summed E-state index contributed by atoms with van der Waals surface area (Å²) in [5.41, 5.74) is 8.36. The maximum Gasteiger partial charge on any atom is 0.216 e. The van der Waals surface area contributed by atoms with Crippen LogP contribution in [0.4, 0.5) is 0 Å². The Hall–Kier alpha value is -2.91. The van der Waals surface area contributed by atoms with Crippen molar-refractivity contribution in [3.8, 4) is 11.3 Å². The SMILES string of the molecule is Cc1ccc2c(oc3ccccc32)c1-c1cc([Si](C)(C)C)c2ccc(CC(C)C)cc2[n+]1C. The van der Waals surface area contributed by atoms with Crippen LogP contribution in [0.25, 0.3) is 44.1 Å². The molecule has 2 nitrogen and oxygen atoms in total. The number of rotatable bonds is 4. The van der Waals surface area contributed by atoms with Gasteiger partial charge in [0.15, 0.2) is 0 Å². The summed E-state index contributed by atoms with van der Waals surface area (Å²) < 4.78 is 8.87. The average Bonchev–Trinajstić information content (AvgIpc) is 3.12. The summed E-state index contributed by atoms with van der Waals surface area (Å²) in [6.07, 6.45) is 1.10. The minimum absolute atomic E-state index is 0.638. The summed E-state index contributed by atoms with van der Waals surface area (Å²) in [7, 11) is 0.619. The van der Waals surface area contributed by atoms with E-state index in [1.165, 1.54) is 49.2 Å². The van der Waals surface area contributed by atoms with E-state index in [0.717, 1.165) is 17.6 Å². The zero-order chi connectivity index (χ0) is 23.5. The molecule has 33 heavy (non-hydrogen) atoms. The van der Waals surface area contributed by atoms with Gasteiger partial charge in [-0.15, -0.1) is 0 Å². The van der Waals surface area contributed by atoms with Gasteiger partial charge in [0.2, 0.25) is 11.2 Å². The van der Waals surface area contributed by atoms with E-state index in [1.54, 1.807) is 0 Å². The van der Waals surface area contributed by atoms with Gasteiger partial charge in [-0.1, -0.05) is 69.9 Å². The van der Waals surface area contributed by atoms with E-state index in [4.69, 9.17) is 4.42 Å². The second-order valence-corrected chi connectivity index (χ2v) is 16.0. The van der Waals surface area contributed by atoms with Gasteiger partial charge in [0.25, 0.3) is 0 Å². The van der Waals surface area contributed by atoms with Crippen molar-refractivity contribution in [2.45, 2.75) is 46.8 Å². The second-order valence-electron chi connectivity index (χ2n) is 10.9. The molecule has 168 valence electrons. The summed E-state index contributed by atoms with van der Waals surface area (Å²) in [5.74, 6) is 0.638. The van der Waals surface area contributed by atoms with Crippen LogP contribution in [0.1, 0.15) is 25.0 Å². The van der Waals surface area contributed by atoms with Crippen LogP contribution < -0.4 is 9.75 Å². The molecule has 0 fully saturated rings. The fourth-order valence-corrected chi connectivity index (χ4v) is 6.78. The first-order valence-electron chi connectivity index (χ1n) is 12.0. The summed E-state index contributed by atoms with van der Waals surface area (Å²) in [6.45, 7) is 14.1. The molecule has 0 bridgehead atoms. The number of para-hydroxylation sites is 1. The van der Waals surface area contributed by atoms with Crippen LogP contribution in [0.3, 0.4) is 0 Å². The van der Waals surface area contributed by atoms with Crippen LogP contribution in [0, 0.1) is 12.8 Å². The predicted octanol–water partition coefficient (Wildman–Crippen LogP) is 7.28. The minimum Gasteiger partial charge on any atom is -0.455 e. The van der Waals surface area contributed by atoms with Gasteiger partial charge < -0.3 is 4.42 Å². The molecule has 0 amide bonds. The van der Waals surface area contributed by atoms with Gasteiger partial charge in [-0.25, -0.2) is 0 Å². The van der Waals surface area contributed by atoms with Crippen LogP contribution >= 0.6 is 0 Å². The van der Waals surface area contributed by atoms with Crippen LogP contribution in [0.2, 0.25) is 19.6 Å². The summed E-state index contributed by atoms with van der Waals surface area (Å²) in [4.78, 5) is 0. The molecule has 0 saturated carbocycles. The van der Waals surface area contributed by atoms with Crippen molar-refractivity contribution in [2.75, 3.05) is 0 Å². The fourth-order valence-electron chi connectivity index (χ4n) is 5.19. The number of fused-ring (bicyclic) bond motifs is 4. The zero-order valence-corrected chi connectivity index (χ0v) is 21.9. The Kier molecular flexibility index (Phi) is 5.21. The van der Waals surface area contributed by atoms with Gasteiger partial charge in [-0.3, -0.25) is 0 Å². The van der Waals surface area contributed by atoms with Crippen LogP contribution in [0.15, 0.2) is 65.1 Å². The smallest absolute Gasteiger partial charge is 0.216 e. The van der Waals surface area contributed by atoms with Gasteiger partial charge >= 0.3 is 0 Å². The standard InChI is InChI=1S/C30H34NOSi/c1-19(2)16-21-13-15-24-25(17-21)31(4)26(18-28(24)33(5,6)7)29-20(3)12-14-23-22-10-8-9-11-27(22)32-30(23)29/h8-15,17-19H,16H2,1-7H3/q+1. The highest BCUT2D eigenvalue weighted by Crippen LogP contribution is 2.37. The Bertz CT molecular complexity index is 1520. The number of hydrogen-bond donors (Lipinski definition) is 0. The Morgan fingerprint density at radius 1 is 0.879 bits per heavy atom. The lowest BCUT2D eigenvalue weighted by Gasteiger charge is -2.20. The maximum absolute atomic E-state index is 6.49. The number of pyridine rings is 1. The molecule has 5 rings (SSSR count). The Morgan fingerprint density at radius 2 is 1.61 bits per heavy atom. The van der Waals surface area contributed by atoms with E-state index in [1.807, 2.05) is 6.07 Å². The molecule has 0 saturated heterocycles. The van der Waals surface area contributed by atoms with Crippen LogP contribution in [-0.4, -0.2) is 8.07 Å². The lowest BCUT2D eigenvalue weighted by Crippen LogP contribution is -2.43. The zero-order valence-electron chi connectivity index (χ0n) is 20.9. The number of furan rings is 1. The van der Waals surface area contributed by atoms with E-state index in [-0.39, 0.29) is 0 Å². The largest absolute Gasteiger partial charge is 0.455 e. The fraction of sp³-hybridized carbons (Fsp3) is 0.300. The maximum atomic E-state index is 6.49. The van der Waals surface area contributed by atoms with Crippen molar-refractivity contribution in [3.05, 3.63) is 71.8 Å². The van der Waals surface area contributed by atoms with Crippen molar-refractivity contribution < 1.29 is 8.98 Å². The topological polar surface area (TPSA) is 17.0 Å². The minimum atomic E-state index is -1.60. The van der Waals surface area contributed by atoms with Gasteiger partial charge in [-0.05, 0) is 47.7 Å². The molecule has 2 aromatic heterocycles. The molecule has 5 aromatic rings. The third-order valence-electron chi connectivity index (χ3n) is 6.82. The Balaban J connectivity index is 1.89. The normalized spacial score (nSPS) is 12.5. The van der Waals surface area contributed by atoms with E-state index in [0.29, 0.717) is 5.92 Å². The van der Waals surface area contributed by atoms with Gasteiger partial charge in [0.1, 0.15) is 18.2 Å². The number of hydrogen-bond acceptors (Lipinski definition) is 1. The van der Waals surface area contributed by atoms with Crippen molar-refractivity contribution in [3.63, 3.8) is 0 Å². The molecule has 0 aliphatic rings. The second kappa shape index (κ2) is 7.84. The van der Waals surface area contributed by atoms with Gasteiger partial charge in [-0.2, -0.15) is 4.57 Å². The summed E-state index contributed by atoms with van der Waals surface area (Å²) >= 11 is 0. The van der Waals surface area contributed by atoms with Crippen molar-refractivity contribution in [1.82, 2.24) is 0 Å². The highest BCUT2D eigenvalue weighted by atomic mass is 28.3. The van der Waals surface area contributed by atoms with E-state index >= 15 is 0 Å². The number of nitrogens with zero attached hydrogens (tertiary/aromatic N) is 1. The summed E-state index contributed by atoms with van der Waals surface area (Å²) in [6, 6.07) is 22.4. The molecule has 3 aromatic carbocycles. The van der Waals surface area contributed by atoms with Gasteiger partial charge in [0.05, 0.1) is 13.6 Å². The first kappa shape index (κ1) is 21.9. The Morgan fingerprint density at radius 3 is 2.33 bits per heavy atom. The third kappa shape index (κ3) is 3.69. The third-order valence-corrected chi connectivity index (χ3v) is 8.85. The van der Waals surface area contributed by atoms with E-state index in [9.17, 15) is 0 Å². The number of aryl methyl sites for hydroxylation is 2. The molecule has 0 aliphatic carbocycles. The van der Waals surface area contributed by atoms with Crippen molar-refractivity contribution >= 4 is 46.1 Å². The molecular formula is C30H34NOSi+. The van der Waals surface area contributed by atoms with Crippen LogP contribution in [-0.2, 0) is 13.5 Å². The summed E-state index contributed by atoms with van der Waals surface area (Å²) in [5, 5.41) is 5.27. The lowest BCUT2D eigenvalue weighted by atomic mass is 9.98. The van der Waals surface area contributed by atoms with E-state index in [2.05, 4.69) is 107 Å². The molecule has 0 atom stereocenters. The highest BCUT2D eigenvalue weighted by Gasteiger charge is 2.29. The lowest BCUT2D eigenvalue weighted by molar-refractivity contribution is -0.633. The quantitative estimate of drug-likeness (QED) is 0.207. The van der Waals surface area contributed by atoms with Crippen molar-refractivity contribution in [2.24, 2.45) is 13.0 Å². The van der Waals surface area contributed by atoms with Gasteiger partial charge in [0, 0.05) is 28.3 Å². The monoisotopic (exact) mass is 452 g/mol. The first-order chi connectivity index (χ1) is 15.6. The van der Waals surface area contributed by atoms with Crippen molar-refractivity contribution in [1.29, 1.82) is 0 Å². The van der Waals surface area contributed by atoms with Crippen LogP contribution in [0.5, 0.6) is 0 Å². The molecule has 0 N–H and O–H groups in total. The Labute approximate surface area is 197 Å². The molecular weight excluding hydrogens is 418 g/mol.